The largest absolute Gasteiger partial charge is 0.496 e. The first-order chi connectivity index (χ1) is 9.51. The Hall–Kier alpha value is -2.41. The smallest absolute Gasteiger partial charge is 0.296 e. The molecule has 0 saturated carbocycles. The maximum Gasteiger partial charge on any atom is 0.296 e. The van der Waals surface area contributed by atoms with Crippen molar-refractivity contribution in [1.82, 2.24) is 0 Å². The first kappa shape index (κ1) is 14.0. The minimum absolute atomic E-state index is 0.142. The summed E-state index contributed by atoms with van der Waals surface area (Å²) in [6, 6.07) is 4.13. The Morgan fingerprint density at radius 1 is 1.50 bits per heavy atom. The lowest BCUT2D eigenvalue weighted by molar-refractivity contribution is -0.384. The van der Waals surface area contributed by atoms with Gasteiger partial charge in [0, 0.05) is 6.04 Å². The number of anilines is 1. The molecule has 106 valence electrons. The van der Waals surface area contributed by atoms with Crippen LogP contribution in [0.1, 0.15) is 6.42 Å². The molecule has 0 fully saturated rings. The second kappa shape index (κ2) is 5.70. The van der Waals surface area contributed by atoms with E-state index in [1.807, 2.05) is 0 Å². The fourth-order valence-corrected chi connectivity index (χ4v) is 2.04. The monoisotopic (exact) mass is 277 g/mol. The van der Waals surface area contributed by atoms with Crippen molar-refractivity contribution < 1.29 is 14.5 Å². The number of benzene rings is 1. The molecule has 0 spiro atoms. The van der Waals surface area contributed by atoms with Crippen molar-refractivity contribution in [3.05, 3.63) is 40.5 Å². The molecule has 2 atom stereocenters. The van der Waals surface area contributed by atoms with Crippen LogP contribution in [-0.2, 0) is 4.79 Å². The van der Waals surface area contributed by atoms with Crippen LogP contribution < -0.4 is 15.8 Å². The van der Waals surface area contributed by atoms with E-state index in [1.54, 1.807) is 18.2 Å². The topological polar surface area (TPSA) is 107 Å². The number of hydrogen-bond acceptors (Lipinski definition) is 5. The summed E-state index contributed by atoms with van der Waals surface area (Å²) in [7, 11) is 1.42. The van der Waals surface area contributed by atoms with E-state index in [4.69, 9.17) is 10.5 Å². The summed E-state index contributed by atoms with van der Waals surface area (Å²) in [5.41, 5.74) is 5.62. The van der Waals surface area contributed by atoms with Crippen molar-refractivity contribution in [2.24, 2.45) is 11.7 Å². The van der Waals surface area contributed by atoms with E-state index in [1.165, 1.54) is 19.2 Å². The van der Waals surface area contributed by atoms with Crippen LogP contribution >= 0.6 is 0 Å². The minimum Gasteiger partial charge on any atom is -0.496 e. The summed E-state index contributed by atoms with van der Waals surface area (Å²) in [5, 5.41) is 13.6. The number of nitrogens with one attached hydrogen (secondary N) is 1. The highest BCUT2D eigenvalue weighted by molar-refractivity contribution is 5.96. The van der Waals surface area contributed by atoms with Crippen LogP contribution in [0.4, 0.5) is 11.4 Å². The van der Waals surface area contributed by atoms with Gasteiger partial charge >= 0.3 is 0 Å². The average molecular weight is 277 g/mol. The summed E-state index contributed by atoms with van der Waals surface area (Å²) >= 11 is 0. The number of amides is 1. The summed E-state index contributed by atoms with van der Waals surface area (Å²) in [6.45, 7) is 0. The van der Waals surface area contributed by atoms with Crippen LogP contribution in [0.15, 0.2) is 30.4 Å². The third-order valence-corrected chi connectivity index (χ3v) is 3.11. The van der Waals surface area contributed by atoms with Gasteiger partial charge in [-0.3, -0.25) is 14.9 Å². The third-order valence-electron chi connectivity index (χ3n) is 3.11. The van der Waals surface area contributed by atoms with Crippen molar-refractivity contribution in [2.75, 3.05) is 12.4 Å². The molecule has 3 N–H and O–H groups in total. The Kier molecular flexibility index (Phi) is 3.99. The molecule has 7 nitrogen and oxygen atoms in total. The third kappa shape index (κ3) is 2.94. The molecule has 1 aromatic rings. The van der Waals surface area contributed by atoms with Crippen LogP contribution in [0.5, 0.6) is 5.75 Å². The molecule has 1 aromatic carbocycles. The Balaban J connectivity index is 2.18. The molecule has 0 saturated heterocycles. The number of hydrogen-bond donors (Lipinski definition) is 2. The van der Waals surface area contributed by atoms with Crippen LogP contribution in [-0.4, -0.2) is 24.0 Å². The number of carbonyl (C=O) groups excluding carboxylic acids is 1. The highest BCUT2D eigenvalue weighted by Gasteiger charge is 2.25. The first-order valence-electron chi connectivity index (χ1n) is 6.08. The predicted molar refractivity (Wildman–Crippen MR) is 73.5 cm³/mol. The van der Waals surface area contributed by atoms with Gasteiger partial charge in [0.25, 0.3) is 5.69 Å². The SMILES string of the molecule is COc1ccc(NC(=O)C2C=CC(N)C2)c([N+](=O)[O-])c1. The molecule has 0 heterocycles. The Morgan fingerprint density at radius 2 is 2.25 bits per heavy atom. The lowest BCUT2D eigenvalue weighted by atomic mass is 10.1. The summed E-state index contributed by atoms with van der Waals surface area (Å²) in [5.74, 6) is -0.299. The molecule has 1 aliphatic carbocycles. The van der Waals surface area contributed by atoms with Gasteiger partial charge in [-0.2, -0.15) is 0 Å². The van der Waals surface area contributed by atoms with Gasteiger partial charge in [-0.25, -0.2) is 0 Å². The molecular formula is C13H15N3O4. The van der Waals surface area contributed by atoms with Gasteiger partial charge in [0.05, 0.1) is 24.0 Å². The highest BCUT2D eigenvalue weighted by atomic mass is 16.6. The number of carbonyl (C=O) groups is 1. The molecule has 1 amide bonds. The van der Waals surface area contributed by atoms with Crippen LogP contribution in [0, 0.1) is 16.0 Å². The molecule has 2 unspecified atom stereocenters. The van der Waals surface area contributed by atoms with Gasteiger partial charge in [0.2, 0.25) is 5.91 Å². The number of methoxy groups -OCH3 is 1. The average Bonchev–Trinajstić information content (AvgIpc) is 2.85. The van der Waals surface area contributed by atoms with Gasteiger partial charge in [0.15, 0.2) is 0 Å². The minimum atomic E-state index is -0.561. The molecule has 2 rings (SSSR count). The zero-order chi connectivity index (χ0) is 14.7. The Morgan fingerprint density at radius 3 is 2.80 bits per heavy atom. The maximum absolute atomic E-state index is 12.0. The lowest BCUT2D eigenvalue weighted by Crippen LogP contribution is -2.24. The fraction of sp³-hybridized carbons (Fsp3) is 0.308. The number of nitro groups is 1. The Bertz CT molecular complexity index is 571. The summed E-state index contributed by atoms with van der Waals surface area (Å²) in [4.78, 5) is 22.5. The van der Waals surface area contributed by atoms with E-state index in [0.29, 0.717) is 12.2 Å². The van der Waals surface area contributed by atoms with Crippen LogP contribution in [0.2, 0.25) is 0 Å². The van der Waals surface area contributed by atoms with Gasteiger partial charge < -0.3 is 15.8 Å². The summed E-state index contributed by atoms with van der Waals surface area (Å²) in [6.07, 6.45) is 3.98. The van der Waals surface area contributed by atoms with Crippen molar-refractivity contribution in [1.29, 1.82) is 0 Å². The maximum atomic E-state index is 12.0. The highest BCUT2D eigenvalue weighted by Crippen LogP contribution is 2.30. The van der Waals surface area contributed by atoms with Crippen molar-refractivity contribution in [3.8, 4) is 5.75 Å². The normalized spacial score (nSPS) is 20.7. The second-order valence-corrected chi connectivity index (χ2v) is 4.52. The molecule has 0 aliphatic heterocycles. The predicted octanol–water partition coefficient (Wildman–Crippen LogP) is 1.45. The zero-order valence-corrected chi connectivity index (χ0v) is 10.9. The zero-order valence-electron chi connectivity index (χ0n) is 10.9. The first-order valence-corrected chi connectivity index (χ1v) is 6.08. The molecule has 0 bridgehead atoms. The molecule has 0 aromatic heterocycles. The quantitative estimate of drug-likeness (QED) is 0.492. The summed E-state index contributed by atoms with van der Waals surface area (Å²) < 4.78 is 4.93. The van der Waals surface area contributed by atoms with E-state index in [2.05, 4.69) is 5.32 Å². The van der Waals surface area contributed by atoms with Gasteiger partial charge in [-0.1, -0.05) is 12.2 Å². The number of nitrogens with two attached hydrogens (primary N) is 1. The van der Waals surface area contributed by atoms with Crippen molar-refractivity contribution >= 4 is 17.3 Å². The van der Waals surface area contributed by atoms with E-state index < -0.39 is 4.92 Å². The number of ether oxygens (including phenoxy) is 1. The number of nitrogens with zero attached hydrogens (tertiary/aromatic N) is 1. The molecule has 7 heteroatoms. The number of nitro benzene ring substituents is 1. The standard InChI is InChI=1S/C13H15N3O4/c1-20-10-4-5-11(12(7-10)16(18)19)15-13(17)8-2-3-9(14)6-8/h2-5,7-9H,6,14H2,1H3,(H,15,17). The molecule has 20 heavy (non-hydrogen) atoms. The molecule has 0 radical (unpaired) electrons. The van der Waals surface area contributed by atoms with Crippen molar-refractivity contribution in [3.63, 3.8) is 0 Å². The Labute approximate surface area is 115 Å². The molecule has 1 aliphatic rings. The van der Waals surface area contributed by atoms with Crippen LogP contribution in [0.3, 0.4) is 0 Å². The van der Waals surface area contributed by atoms with E-state index >= 15 is 0 Å². The van der Waals surface area contributed by atoms with Gasteiger partial charge in [-0.05, 0) is 18.6 Å². The molecular weight excluding hydrogens is 262 g/mol. The number of rotatable bonds is 4. The van der Waals surface area contributed by atoms with E-state index in [9.17, 15) is 14.9 Å². The second-order valence-electron chi connectivity index (χ2n) is 4.52. The van der Waals surface area contributed by atoms with E-state index in [-0.39, 0.29) is 29.2 Å². The fourth-order valence-electron chi connectivity index (χ4n) is 2.04. The lowest BCUT2D eigenvalue weighted by Gasteiger charge is -2.11. The van der Waals surface area contributed by atoms with Crippen molar-refractivity contribution in [2.45, 2.75) is 12.5 Å². The van der Waals surface area contributed by atoms with Crippen LogP contribution in [0.25, 0.3) is 0 Å². The van der Waals surface area contributed by atoms with Gasteiger partial charge in [0.1, 0.15) is 11.4 Å². The van der Waals surface area contributed by atoms with E-state index in [0.717, 1.165) is 0 Å². The van der Waals surface area contributed by atoms with Gasteiger partial charge in [-0.15, -0.1) is 0 Å².